The SMILES string of the molecule is CCCc1nc(Cl)c(C)c(NC2CCCN(CC)C2)n1. The lowest BCUT2D eigenvalue weighted by molar-refractivity contribution is 0.226. The van der Waals surface area contributed by atoms with Crippen LogP contribution in [0.3, 0.4) is 0 Å². The first-order valence-corrected chi connectivity index (χ1v) is 8.03. The summed E-state index contributed by atoms with van der Waals surface area (Å²) in [7, 11) is 0. The lowest BCUT2D eigenvalue weighted by Gasteiger charge is -2.32. The number of anilines is 1. The van der Waals surface area contributed by atoms with Crippen molar-refractivity contribution >= 4 is 17.4 Å². The van der Waals surface area contributed by atoms with Crippen LogP contribution < -0.4 is 5.32 Å². The van der Waals surface area contributed by atoms with Gasteiger partial charge in [0, 0.05) is 24.6 Å². The van der Waals surface area contributed by atoms with Gasteiger partial charge in [-0.2, -0.15) is 0 Å². The van der Waals surface area contributed by atoms with Gasteiger partial charge in [-0.1, -0.05) is 25.4 Å². The van der Waals surface area contributed by atoms with Crippen molar-refractivity contribution < 1.29 is 0 Å². The molecule has 0 aromatic carbocycles. The number of likely N-dealkylation sites (tertiary alicyclic amines) is 1. The minimum absolute atomic E-state index is 0.461. The van der Waals surface area contributed by atoms with Crippen LogP contribution in [-0.2, 0) is 6.42 Å². The van der Waals surface area contributed by atoms with E-state index >= 15 is 0 Å². The molecule has 1 aromatic heterocycles. The average molecular weight is 297 g/mol. The number of likely N-dealkylation sites (N-methyl/N-ethyl adjacent to an activating group) is 1. The molecule has 1 aromatic rings. The molecule has 0 aliphatic carbocycles. The van der Waals surface area contributed by atoms with E-state index in [1.807, 2.05) is 6.92 Å². The Labute approximate surface area is 126 Å². The Bertz CT molecular complexity index is 450. The standard InChI is InChI=1S/C15H25ClN4/c1-4-7-13-18-14(16)11(3)15(19-13)17-12-8-6-9-20(5-2)10-12/h12H,4-10H2,1-3H3,(H,17,18,19). The Morgan fingerprint density at radius 3 is 2.85 bits per heavy atom. The van der Waals surface area contributed by atoms with Crippen LogP contribution in [0, 0.1) is 6.92 Å². The minimum Gasteiger partial charge on any atom is -0.366 e. The third-order valence-electron chi connectivity index (χ3n) is 3.90. The molecular weight excluding hydrogens is 272 g/mol. The molecule has 2 rings (SSSR count). The summed E-state index contributed by atoms with van der Waals surface area (Å²) in [6.45, 7) is 9.74. The van der Waals surface area contributed by atoms with Crippen LogP contribution in [-0.4, -0.2) is 40.5 Å². The summed E-state index contributed by atoms with van der Waals surface area (Å²) in [6, 6.07) is 0.461. The molecule has 1 aliphatic rings. The zero-order valence-electron chi connectivity index (χ0n) is 12.7. The van der Waals surface area contributed by atoms with E-state index < -0.39 is 0 Å². The van der Waals surface area contributed by atoms with Crippen molar-refractivity contribution in [3.05, 3.63) is 16.5 Å². The third kappa shape index (κ3) is 3.83. The lowest BCUT2D eigenvalue weighted by Crippen LogP contribution is -2.42. The molecule has 2 heterocycles. The fraction of sp³-hybridized carbons (Fsp3) is 0.733. The predicted octanol–water partition coefficient (Wildman–Crippen LogP) is 3.29. The molecule has 1 saturated heterocycles. The normalized spacial score (nSPS) is 20.1. The molecular formula is C15H25ClN4. The number of hydrogen-bond acceptors (Lipinski definition) is 4. The second-order valence-electron chi connectivity index (χ2n) is 5.53. The maximum absolute atomic E-state index is 6.23. The van der Waals surface area contributed by atoms with Crippen LogP contribution in [0.1, 0.15) is 44.5 Å². The summed E-state index contributed by atoms with van der Waals surface area (Å²) in [5.74, 6) is 1.75. The molecule has 0 amide bonds. The average Bonchev–Trinajstić information content (AvgIpc) is 2.45. The van der Waals surface area contributed by atoms with Gasteiger partial charge in [-0.3, -0.25) is 0 Å². The fourth-order valence-corrected chi connectivity index (χ4v) is 2.85. The second kappa shape index (κ2) is 7.23. The highest BCUT2D eigenvalue weighted by atomic mass is 35.5. The van der Waals surface area contributed by atoms with Crippen LogP contribution in [0.4, 0.5) is 5.82 Å². The monoisotopic (exact) mass is 296 g/mol. The molecule has 0 bridgehead atoms. The minimum atomic E-state index is 0.461. The Balaban J connectivity index is 2.11. The molecule has 0 spiro atoms. The van der Waals surface area contributed by atoms with Gasteiger partial charge in [-0.05, 0) is 39.3 Å². The number of halogens is 1. The molecule has 5 heteroatoms. The molecule has 1 unspecified atom stereocenters. The Morgan fingerprint density at radius 2 is 2.15 bits per heavy atom. The van der Waals surface area contributed by atoms with Gasteiger partial charge in [-0.15, -0.1) is 0 Å². The summed E-state index contributed by atoms with van der Waals surface area (Å²) in [5.41, 5.74) is 0.958. The van der Waals surface area contributed by atoms with E-state index in [2.05, 4.69) is 34.0 Å². The number of rotatable bonds is 5. The van der Waals surface area contributed by atoms with Crippen molar-refractivity contribution in [3.8, 4) is 0 Å². The smallest absolute Gasteiger partial charge is 0.137 e. The maximum atomic E-state index is 6.23. The quantitative estimate of drug-likeness (QED) is 0.847. The van der Waals surface area contributed by atoms with Crippen molar-refractivity contribution in [3.63, 3.8) is 0 Å². The number of nitrogens with zero attached hydrogens (tertiary/aromatic N) is 3. The van der Waals surface area contributed by atoms with E-state index in [0.29, 0.717) is 11.2 Å². The topological polar surface area (TPSA) is 41.1 Å². The fourth-order valence-electron chi connectivity index (χ4n) is 2.66. The molecule has 1 N–H and O–H groups in total. The van der Waals surface area contributed by atoms with Gasteiger partial charge in [0.05, 0.1) is 0 Å². The number of nitrogens with one attached hydrogen (secondary N) is 1. The van der Waals surface area contributed by atoms with Crippen LogP contribution in [0.15, 0.2) is 0 Å². The van der Waals surface area contributed by atoms with E-state index in [1.54, 1.807) is 0 Å². The van der Waals surface area contributed by atoms with Crippen LogP contribution in [0.25, 0.3) is 0 Å². The highest BCUT2D eigenvalue weighted by molar-refractivity contribution is 6.30. The highest BCUT2D eigenvalue weighted by Gasteiger charge is 2.20. The summed E-state index contributed by atoms with van der Waals surface area (Å²) in [6.07, 6.45) is 4.35. The van der Waals surface area contributed by atoms with Crippen LogP contribution in [0.2, 0.25) is 5.15 Å². The number of piperidine rings is 1. The van der Waals surface area contributed by atoms with Crippen molar-refractivity contribution in [2.75, 3.05) is 25.0 Å². The highest BCUT2D eigenvalue weighted by Crippen LogP contribution is 2.23. The number of aromatic nitrogens is 2. The Morgan fingerprint density at radius 1 is 1.35 bits per heavy atom. The third-order valence-corrected chi connectivity index (χ3v) is 4.27. The van der Waals surface area contributed by atoms with Crippen molar-refractivity contribution in [2.24, 2.45) is 0 Å². The van der Waals surface area contributed by atoms with Gasteiger partial charge < -0.3 is 10.2 Å². The summed E-state index contributed by atoms with van der Waals surface area (Å²) in [5, 5.41) is 4.15. The molecule has 4 nitrogen and oxygen atoms in total. The van der Waals surface area contributed by atoms with Gasteiger partial charge in [-0.25, -0.2) is 9.97 Å². The summed E-state index contributed by atoms with van der Waals surface area (Å²) < 4.78 is 0. The zero-order chi connectivity index (χ0) is 14.5. The van der Waals surface area contributed by atoms with E-state index in [1.165, 1.54) is 19.4 Å². The van der Waals surface area contributed by atoms with E-state index in [-0.39, 0.29) is 0 Å². The molecule has 1 aliphatic heterocycles. The molecule has 0 saturated carbocycles. The molecule has 0 radical (unpaired) electrons. The van der Waals surface area contributed by atoms with Gasteiger partial charge in [0.15, 0.2) is 0 Å². The van der Waals surface area contributed by atoms with Crippen molar-refractivity contribution in [1.29, 1.82) is 0 Å². The largest absolute Gasteiger partial charge is 0.366 e. The van der Waals surface area contributed by atoms with Crippen molar-refractivity contribution in [2.45, 2.75) is 52.5 Å². The lowest BCUT2D eigenvalue weighted by atomic mass is 10.1. The first-order valence-electron chi connectivity index (χ1n) is 7.66. The second-order valence-corrected chi connectivity index (χ2v) is 5.89. The number of aryl methyl sites for hydroxylation is 1. The van der Waals surface area contributed by atoms with Crippen molar-refractivity contribution in [1.82, 2.24) is 14.9 Å². The first-order chi connectivity index (χ1) is 9.63. The van der Waals surface area contributed by atoms with Gasteiger partial charge in [0.1, 0.15) is 16.8 Å². The maximum Gasteiger partial charge on any atom is 0.137 e. The van der Waals surface area contributed by atoms with Gasteiger partial charge in [0.25, 0.3) is 0 Å². The molecule has 1 fully saturated rings. The Hall–Kier alpha value is -0.870. The van der Waals surface area contributed by atoms with Gasteiger partial charge >= 0.3 is 0 Å². The summed E-state index contributed by atoms with van der Waals surface area (Å²) >= 11 is 6.23. The van der Waals surface area contributed by atoms with E-state index in [4.69, 9.17) is 11.6 Å². The van der Waals surface area contributed by atoms with Gasteiger partial charge in [0.2, 0.25) is 0 Å². The van der Waals surface area contributed by atoms with Crippen LogP contribution in [0.5, 0.6) is 0 Å². The molecule has 112 valence electrons. The van der Waals surface area contributed by atoms with E-state index in [9.17, 15) is 0 Å². The van der Waals surface area contributed by atoms with E-state index in [0.717, 1.165) is 43.1 Å². The summed E-state index contributed by atoms with van der Waals surface area (Å²) in [4.78, 5) is 11.5. The molecule has 20 heavy (non-hydrogen) atoms. The first kappa shape index (κ1) is 15.5. The van der Waals surface area contributed by atoms with Crippen LogP contribution >= 0.6 is 11.6 Å². The molecule has 1 atom stereocenters. The predicted molar refractivity (Wildman–Crippen MR) is 84.5 cm³/mol. The number of hydrogen-bond donors (Lipinski definition) is 1. The zero-order valence-corrected chi connectivity index (χ0v) is 13.5. The Kier molecular flexibility index (Phi) is 5.61.